The predicted octanol–water partition coefficient (Wildman–Crippen LogP) is 7.96. The standard InChI is InChI=1S/C32H46O4/c1-8-22-19-25(33)27(34)21(3)24(22)13-12-23-11-10-14-32(7)26-20-30(5,28(35)36-9-2)16-15-29(26,4)17-18-31(23,32)6/h12-13,19,26,34H,8-11,14-18,20H2,1-7H3/b23-12+,24-13-/t26-,29-,30-,31-,32+/m1/s1. The highest BCUT2D eigenvalue weighted by atomic mass is 16.5. The third-order valence-electron chi connectivity index (χ3n) is 11.1. The molecule has 0 amide bonds. The Bertz CT molecular complexity index is 1070. The number of rotatable bonds is 4. The van der Waals surface area contributed by atoms with E-state index >= 15 is 0 Å². The molecule has 4 rings (SSSR count). The first-order chi connectivity index (χ1) is 16.8. The molecule has 0 heterocycles. The van der Waals surface area contributed by atoms with Gasteiger partial charge in [-0.1, -0.05) is 45.4 Å². The van der Waals surface area contributed by atoms with Gasteiger partial charge in [0, 0.05) is 5.57 Å². The van der Waals surface area contributed by atoms with Crippen LogP contribution in [-0.2, 0) is 14.3 Å². The molecular weight excluding hydrogens is 448 g/mol. The molecule has 4 heteroatoms. The largest absolute Gasteiger partial charge is 0.504 e. The monoisotopic (exact) mass is 494 g/mol. The Morgan fingerprint density at radius 3 is 2.44 bits per heavy atom. The second kappa shape index (κ2) is 9.33. The normalized spacial score (nSPS) is 41.1. The molecule has 0 unspecified atom stereocenters. The summed E-state index contributed by atoms with van der Waals surface area (Å²) in [6.45, 7) is 15.8. The van der Waals surface area contributed by atoms with Gasteiger partial charge in [-0.15, -0.1) is 0 Å². The topological polar surface area (TPSA) is 63.6 Å². The SMILES string of the molecule is CCOC(=O)[C@]1(C)CC[C@]2(C)CC[C@]3(C)/C(=C/C=C4\C(CC)=CC(=O)C(O)=C4C)CCC[C@@]3(C)[C@@H]2C1. The molecule has 4 nitrogen and oxygen atoms in total. The van der Waals surface area contributed by atoms with Gasteiger partial charge < -0.3 is 9.84 Å². The Morgan fingerprint density at radius 2 is 1.78 bits per heavy atom. The molecule has 0 aromatic rings. The highest BCUT2D eigenvalue weighted by Crippen LogP contribution is 2.71. The lowest BCUT2D eigenvalue weighted by molar-refractivity contribution is -0.178. The zero-order valence-electron chi connectivity index (χ0n) is 23.6. The average molecular weight is 495 g/mol. The summed E-state index contributed by atoms with van der Waals surface area (Å²) in [6.07, 6.45) is 15.5. The fraction of sp³-hybridized carbons (Fsp3) is 0.688. The van der Waals surface area contributed by atoms with Crippen LogP contribution in [0.3, 0.4) is 0 Å². The first kappa shape index (κ1) is 26.9. The summed E-state index contributed by atoms with van der Waals surface area (Å²) in [5, 5.41) is 10.3. The van der Waals surface area contributed by atoms with Gasteiger partial charge in [0.05, 0.1) is 12.0 Å². The van der Waals surface area contributed by atoms with Crippen molar-refractivity contribution in [1.29, 1.82) is 0 Å². The number of carbonyl (C=O) groups is 2. The van der Waals surface area contributed by atoms with Crippen molar-refractivity contribution in [3.05, 3.63) is 46.3 Å². The predicted molar refractivity (Wildman–Crippen MR) is 144 cm³/mol. The summed E-state index contributed by atoms with van der Waals surface area (Å²) >= 11 is 0. The van der Waals surface area contributed by atoms with Crippen LogP contribution in [-0.4, -0.2) is 23.5 Å². The molecule has 3 saturated carbocycles. The average Bonchev–Trinajstić information content (AvgIpc) is 2.84. The zero-order chi connectivity index (χ0) is 26.5. The summed E-state index contributed by atoms with van der Waals surface area (Å²) in [7, 11) is 0. The van der Waals surface area contributed by atoms with Crippen molar-refractivity contribution in [3.63, 3.8) is 0 Å². The van der Waals surface area contributed by atoms with Gasteiger partial charge in [-0.05, 0) is 118 Å². The maximum atomic E-state index is 13.0. The summed E-state index contributed by atoms with van der Waals surface area (Å²) in [5.41, 5.74) is 4.14. The van der Waals surface area contributed by atoms with Crippen LogP contribution >= 0.6 is 0 Å². The van der Waals surface area contributed by atoms with E-state index in [1.54, 1.807) is 6.08 Å². The number of hydrogen-bond donors (Lipinski definition) is 1. The third kappa shape index (κ3) is 4.03. The summed E-state index contributed by atoms with van der Waals surface area (Å²) in [4.78, 5) is 25.2. The number of fused-ring (bicyclic) bond motifs is 3. The van der Waals surface area contributed by atoms with Crippen LogP contribution in [0.2, 0.25) is 0 Å². The number of aliphatic hydroxyl groups is 1. The molecule has 0 aliphatic heterocycles. The molecule has 0 radical (unpaired) electrons. The van der Waals surface area contributed by atoms with Crippen LogP contribution in [0.1, 0.15) is 106 Å². The van der Waals surface area contributed by atoms with E-state index in [4.69, 9.17) is 4.74 Å². The molecule has 36 heavy (non-hydrogen) atoms. The third-order valence-corrected chi connectivity index (χ3v) is 11.1. The van der Waals surface area contributed by atoms with E-state index in [2.05, 4.69) is 46.8 Å². The van der Waals surface area contributed by atoms with Crippen molar-refractivity contribution in [2.24, 2.45) is 27.6 Å². The molecule has 5 atom stereocenters. The summed E-state index contributed by atoms with van der Waals surface area (Å²) in [6, 6.07) is 0. The maximum absolute atomic E-state index is 13.0. The minimum Gasteiger partial charge on any atom is -0.504 e. The molecule has 1 N–H and O–H groups in total. The number of esters is 1. The summed E-state index contributed by atoms with van der Waals surface area (Å²) in [5.74, 6) is 0.0182. The molecule has 198 valence electrons. The highest BCUT2D eigenvalue weighted by molar-refractivity contribution is 6.06. The van der Waals surface area contributed by atoms with E-state index in [-0.39, 0.29) is 33.8 Å². The number of carbonyl (C=O) groups excluding carboxylic acids is 2. The highest BCUT2D eigenvalue weighted by Gasteiger charge is 2.63. The van der Waals surface area contributed by atoms with Crippen LogP contribution in [0.4, 0.5) is 0 Å². The van der Waals surface area contributed by atoms with Crippen molar-refractivity contribution >= 4 is 11.8 Å². The van der Waals surface area contributed by atoms with E-state index < -0.39 is 5.41 Å². The van der Waals surface area contributed by atoms with Crippen LogP contribution in [0.25, 0.3) is 0 Å². The molecule has 4 aliphatic rings. The Labute approximate surface area is 218 Å². The van der Waals surface area contributed by atoms with Gasteiger partial charge in [0.25, 0.3) is 0 Å². The molecule has 0 saturated heterocycles. The van der Waals surface area contributed by atoms with Gasteiger partial charge >= 0.3 is 5.97 Å². The lowest BCUT2D eigenvalue weighted by atomic mass is 9.37. The van der Waals surface area contributed by atoms with E-state index in [0.717, 1.165) is 56.1 Å². The van der Waals surface area contributed by atoms with Crippen molar-refractivity contribution in [2.75, 3.05) is 6.61 Å². The van der Waals surface area contributed by atoms with E-state index in [0.29, 0.717) is 18.1 Å². The second-order valence-corrected chi connectivity index (χ2v) is 12.9. The second-order valence-electron chi connectivity index (χ2n) is 12.9. The molecule has 3 fully saturated rings. The van der Waals surface area contributed by atoms with Crippen LogP contribution in [0.5, 0.6) is 0 Å². The molecule has 4 aliphatic carbocycles. The quantitative estimate of drug-likeness (QED) is 0.403. The number of allylic oxidation sites excluding steroid dienone is 7. The smallest absolute Gasteiger partial charge is 0.311 e. The number of hydrogen-bond acceptors (Lipinski definition) is 4. The van der Waals surface area contributed by atoms with Gasteiger partial charge in [0.15, 0.2) is 5.76 Å². The fourth-order valence-corrected chi connectivity index (χ4v) is 8.26. The molecular formula is C32H46O4. The zero-order valence-corrected chi connectivity index (χ0v) is 23.6. The van der Waals surface area contributed by atoms with Crippen molar-refractivity contribution < 1.29 is 19.4 Å². The molecule has 0 aromatic carbocycles. The van der Waals surface area contributed by atoms with Gasteiger partial charge in [0.2, 0.25) is 5.78 Å². The van der Waals surface area contributed by atoms with Crippen molar-refractivity contribution in [2.45, 2.75) is 106 Å². The Morgan fingerprint density at radius 1 is 1.08 bits per heavy atom. The number of ketones is 1. The number of aliphatic hydroxyl groups excluding tert-OH is 1. The Kier molecular flexibility index (Phi) is 6.98. The first-order valence-electron chi connectivity index (χ1n) is 14.1. The lowest BCUT2D eigenvalue weighted by Gasteiger charge is -2.67. The fourth-order valence-electron chi connectivity index (χ4n) is 8.26. The van der Waals surface area contributed by atoms with Gasteiger partial charge in [-0.3, -0.25) is 9.59 Å². The molecule has 0 aromatic heterocycles. The maximum Gasteiger partial charge on any atom is 0.311 e. The Hall–Kier alpha value is -2.10. The minimum absolute atomic E-state index is 0.0213. The van der Waals surface area contributed by atoms with E-state index in [1.165, 1.54) is 18.4 Å². The summed E-state index contributed by atoms with van der Waals surface area (Å²) < 4.78 is 5.55. The molecule has 0 bridgehead atoms. The van der Waals surface area contributed by atoms with E-state index in [9.17, 15) is 14.7 Å². The van der Waals surface area contributed by atoms with E-state index in [1.807, 2.05) is 13.8 Å². The minimum atomic E-state index is -0.403. The van der Waals surface area contributed by atoms with Crippen LogP contribution in [0.15, 0.2) is 46.3 Å². The Balaban J connectivity index is 1.73. The van der Waals surface area contributed by atoms with Gasteiger partial charge in [-0.2, -0.15) is 0 Å². The van der Waals surface area contributed by atoms with Crippen molar-refractivity contribution in [3.8, 4) is 0 Å². The molecule has 0 spiro atoms. The lowest BCUT2D eigenvalue weighted by Crippen LogP contribution is -2.59. The number of ether oxygens (including phenoxy) is 1. The van der Waals surface area contributed by atoms with Crippen LogP contribution in [0, 0.1) is 27.6 Å². The van der Waals surface area contributed by atoms with Crippen molar-refractivity contribution in [1.82, 2.24) is 0 Å². The van der Waals surface area contributed by atoms with Gasteiger partial charge in [0.1, 0.15) is 0 Å². The first-order valence-corrected chi connectivity index (χ1v) is 14.1. The van der Waals surface area contributed by atoms with Crippen LogP contribution < -0.4 is 0 Å². The van der Waals surface area contributed by atoms with Gasteiger partial charge in [-0.25, -0.2) is 0 Å².